The molecule has 30 heavy (non-hydrogen) atoms. The lowest BCUT2D eigenvalue weighted by Crippen LogP contribution is -2.30. The molecule has 3 aromatic rings. The van der Waals surface area contributed by atoms with Gasteiger partial charge in [0.1, 0.15) is 5.78 Å². The van der Waals surface area contributed by atoms with Gasteiger partial charge in [-0.1, -0.05) is 48.9 Å². The lowest BCUT2D eigenvalue weighted by atomic mass is 9.83. The van der Waals surface area contributed by atoms with Crippen molar-refractivity contribution in [2.45, 2.75) is 38.5 Å². The Hall–Kier alpha value is -2.47. The zero-order valence-electron chi connectivity index (χ0n) is 17.3. The molecule has 0 saturated carbocycles. The van der Waals surface area contributed by atoms with Crippen molar-refractivity contribution in [2.24, 2.45) is 0 Å². The van der Waals surface area contributed by atoms with Crippen LogP contribution in [0.2, 0.25) is 5.02 Å². The van der Waals surface area contributed by atoms with Gasteiger partial charge in [-0.3, -0.25) is 4.79 Å². The Morgan fingerprint density at radius 2 is 1.80 bits per heavy atom. The monoisotopic (exact) mass is 426 g/mol. The summed E-state index contributed by atoms with van der Waals surface area (Å²) in [5.41, 5.74) is 3.83. The molecule has 0 unspecified atom stereocenters. The number of Topliss-reactive ketones (excluding diaryl/α,β-unsaturated/α-hetero) is 1. The van der Waals surface area contributed by atoms with Crippen LogP contribution in [0.25, 0.3) is 5.69 Å². The van der Waals surface area contributed by atoms with E-state index in [1.54, 1.807) is 6.92 Å². The van der Waals surface area contributed by atoms with E-state index in [4.69, 9.17) is 11.6 Å². The molecule has 1 heterocycles. The molecule has 158 valence electrons. The summed E-state index contributed by atoms with van der Waals surface area (Å²) in [6.07, 6.45) is 1.36. The van der Waals surface area contributed by atoms with Gasteiger partial charge in [0, 0.05) is 29.0 Å². The van der Waals surface area contributed by atoms with Crippen LogP contribution in [-0.2, 0) is 23.1 Å². The third kappa shape index (κ3) is 5.17. The number of aliphatic hydroxyl groups is 2. The van der Waals surface area contributed by atoms with Crippen molar-refractivity contribution < 1.29 is 15.0 Å². The number of halogens is 1. The Balaban J connectivity index is 1.64. The minimum Gasteiger partial charge on any atom is -0.395 e. The Morgan fingerprint density at radius 1 is 1.10 bits per heavy atom. The minimum absolute atomic E-state index is 0.137. The van der Waals surface area contributed by atoms with Gasteiger partial charge in [0.05, 0.1) is 24.6 Å². The molecule has 0 amide bonds. The summed E-state index contributed by atoms with van der Waals surface area (Å²) in [6, 6.07) is 17.0. The van der Waals surface area contributed by atoms with E-state index in [0.717, 1.165) is 28.2 Å². The summed E-state index contributed by atoms with van der Waals surface area (Å²) in [4.78, 5) is 12.6. The fourth-order valence-corrected chi connectivity index (χ4v) is 3.59. The molecule has 0 aliphatic carbocycles. The first-order valence-corrected chi connectivity index (χ1v) is 10.4. The Kier molecular flexibility index (Phi) is 7.08. The molecule has 2 N–H and O–H groups in total. The summed E-state index contributed by atoms with van der Waals surface area (Å²) in [5, 5.41) is 24.2. The third-order valence-electron chi connectivity index (χ3n) is 5.37. The van der Waals surface area contributed by atoms with Crippen molar-refractivity contribution in [3.63, 3.8) is 0 Å². The number of hydrogen-bond acceptors (Lipinski definition) is 4. The fourth-order valence-electron chi connectivity index (χ4n) is 3.40. The first kappa shape index (κ1) is 22.2. The van der Waals surface area contributed by atoms with Crippen LogP contribution < -0.4 is 0 Å². The average molecular weight is 427 g/mol. The van der Waals surface area contributed by atoms with Gasteiger partial charge in [0.2, 0.25) is 0 Å². The highest BCUT2D eigenvalue weighted by molar-refractivity contribution is 6.30. The van der Waals surface area contributed by atoms with Crippen LogP contribution in [0.15, 0.2) is 54.6 Å². The maximum absolute atomic E-state index is 12.6. The van der Waals surface area contributed by atoms with E-state index in [-0.39, 0.29) is 19.0 Å². The van der Waals surface area contributed by atoms with Crippen molar-refractivity contribution >= 4 is 17.4 Å². The van der Waals surface area contributed by atoms with E-state index < -0.39 is 5.41 Å². The largest absolute Gasteiger partial charge is 0.395 e. The molecule has 0 fully saturated rings. The van der Waals surface area contributed by atoms with E-state index in [0.29, 0.717) is 24.3 Å². The molecule has 0 aliphatic heterocycles. The number of aromatic nitrogens is 2. The van der Waals surface area contributed by atoms with Crippen LogP contribution in [0.5, 0.6) is 0 Å². The molecule has 2 aromatic carbocycles. The van der Waals surface area contributed by atoms with Crippen molar-refractivity contribution in [1.29, 1.82) is 0 Å². The van der Waals surface area contributed by atoms with Crippen molar-refractivity contribution in [2.75, 3.05) is 13.2 Å². The SMILES string of the molecule is Cc1cc(CCC(=O)Cc2ccc(C(C)(CO)CO)cc2)n(-c2cccc(Cl)c2)n1. The van der Waals surface area contributed by atoms with E-state index in [1.807, 2.05) is 66.2 Å². The number of nitrogens with zero attached hydrogens (tertiary/aromatic N) is 2. The Morgan fingerprint density at radius 3 is 2.43 bits per heavy atom. The molecular weight excluding hydrogens is 400 g/mol. The first-order chi connectivity index (χ1) is 14.3. The number of aryl methyl sites for hydroxylation is 2. The molecule has 0 aliphatic rings. The number of rotatable bonds is 9. The summed E-state index contributed by atoms with van der Waals surface area (Å²) in [7, 11) is 0. The zero-order valence-corrected chi connectivity index (χ0v) is 18.1. The molecule has 6 heteroatoms. The predicted octanol–water partition coefficient (Wildman–Crippen LogP) is 3.82. The van der Waals surface area contributed by atoms with Gasteiger partial charge < -0.3 is 10.2 Å². The highest BCUT2D eigenvalue weighted by atomic mass is 35.5. The van der Waals surface area contributed by atoms with Gasteiger partial charge in [-0.05, 0) is 48.7 Å². The zero-order chi connectivity index (χ0) is 21.7. The maximum atomic E-state index is 12.6. The fraction of sp³-hybridized carbons (Fsp3) is 0.333. The molecule has 0 bridgehead atoms. The maximum Gasteiger partial charge on any atom is 0.137 e. The summed E-state index contributed by atoms with van der Waals surface area (Å²) < 4.78 is 1.84. The number of aliphatic hydroxyl groups excluding tert-OH is 2. The third-order valence-corrected chi connectivity index (χ3v) is 5.60. The number of carbonyl (C=O) groups excluding carboxylic acids is 1. The standard InChI is InChI=1S/C24H27ClN2O3/c1-17-12-22(27(26-17)21-5-3-4-20(25)14-21)10-11-23(30)13-18-6-8-19(9-7-18)24(2,15-28)16-29/h3-9,12,14,28-29H,10-11,13,15-16H2,1-2H3. The number of ketones is 1. The lowest BCUT2D eigenvalue weighted by Gasteiger charge is -2.25. The van der Waals surface area contributed by atoms with Gasteiger partial charge in [0.25, 0.3) is 0 Å². The summed E-state index contributed by atoms with van der Waals surface area (Å²) in [6.45, 7) is 3.46. The molecule has 0 atom stereocenters. The molecule has 5 nitrogen and oxygen atoms in total. The highest BCUT2D eigenvalue weighted by Gasteiger charge is 2.24. The van der Waals surface area contributed by atoms with E-state index in [9.17, 15) is 15.0 Å². The summed E-state index contributed by atoms with van der Waals surface area (Å²) >= 11 is 6.11. The Labute approximate surface area is 181 Å². The second kappa shape index (κ2) is 9.56. The van der Waals surface area contributed by atoms with Crippen LogP contribution in [-0.4, -0.2) is 39.0 Å². The van der Waals surface area contributed by atoms with Gasteiger partial charge in [-0.15, -0.1) is 0 Å². The number of hydrogen-bond donors (Lipinski definition) is 2. The summed E-state index contributed by atoms with van der Waals surface area (Å²) in [5.74, 6) is 0.145. The second-order valence-corrected chi connectivity index (χ2v) is 8.39. The first-order valence-electron chi connectivity index (χ1n) is 9.99. The van der Waals surface area contributed by atoms with Crippen LogP contribution in [0, 0.1) is 6.92 Å². The van der Waals surface area contributed by atoms with Gasteiger partial charge >= 0.3 is 0 Å². The highest BCUT2D eigenvalue weighted by Crippen LogP contribution is 2.23. The molecule has 1 aromatic heterocycles. The van der Waals surface area contributed by atoms with Crippen LogP contribution >= 0.6 is 11.6 Å². The Bertz CT molecular complexity index is 1010. The minimum atomic E-state index is -0.681. The van der Waals surface area contributed by atoms with E-state index in [2.05, 4.69) is 5.10 Å². The van der Waals surface area contributed by atoms with E-state index >= 15 is 0 Å². The van der Waals surface area contributed by atoms with Gasteiger partial charge in [-0.2, -0.15) is 5.10 Å². The van der Waals surface area contributed by atoms with Crippen LogP contribution in [0.3, 0.4) is 0 Å². The molecule has 3 rings (SSSR count). The van der Waals surface area contributed by atoms with Crippen molar-refractivity contribution in [3.8, 4) is 5.69 Å². The quantitative estimate of drug-likeness (QED) is 0.545. The topological polar surface area (TPSA) is 75.3 Å². The number of carbonyl (C=O) groups is 1. The smallest absolute Gasteiger partial charge is 0.137 e. The van der Waals surface area contributed by atoms with Gasteiger partial charge in [-0.25, -0.2) is 4.68 Å². The van der Waals surface area contributed by atoms with Crippen LogP contribution in [0.4, 0.5) is 0 Å². The second-order valence-electron chi connectivity index (χ2n) is 7.96. The van der Waals surface area contributed by atoms with E-state index in [1.165, 1.54) is 0 Å². The van der Waals surface area contributed by atoms with Crippen molar-refractivity contribution in [1.82, 2.24) is 9.78 Å². The lowest BCUT2D eigenvalue weighted by molar-refractivity contribution is -0.118. The molecule has 0 radical (unpaired) electrons. The molecule has 0 spiro atoms. The normalized spacial score (nSPS) is 11.6. The molecule has 0 saturated heterocycles. The predicted molar refractivity (Wildman–Crippen MR) is 118 cm³/mol. The van der Waals surface area contributed by atoms with Gasteiger partial charge in [0.15, 0.2) is 0 Å². The van der Waals surface area contributed by atoms with Crippen LogP contribution in [0.1, 0.15) is 35.9 Å². The average Bonchev–Trinajstić information content (AvgIpc) is 3.13. The van der Waals surface area contributed by atoms with Crippen molar-refractivity contribution in [3.05, 3.63) is 82.1 Å². The number of benzene rings is 2. The molecular formula is C24H27ClN2O3.